The van der Waals surface area contributed by atoms with Gasteiger partial charge in [0, 0.05) is 12.1 Å². The predicted molar refractivity (Wildman–Crippen MR) is 103 cm³/mol. The van der Waals surface area contributed by atoms with Crippen molar-refractivity contribution in [2.24, 2.45) is 0 Å². The Bertz CT molecular complexity index is 1090. The molecule has 148 valence electrons. The van der Waals surface area contributed by atoms with E-state index >= 15 is 0 Å². The van der Waals surface area contributed by atoms with Crippen molar-refractivity contribution in [3.8, 4) is 17.1 Å². The number of aryl methyl sites for hydroxylation is 1. The SMILES string of the molecule is Cc1ccc(S(=O)(=O)NCC(C)(C)O)cc1-c1cnc(N)c(-n2cncn2)n1. The molecule has 0 aliphatic heterocycles. The average molecular weight is 403 g/mol. The second-order valence-electron chi connectivity index (χ2n) is 6.92. The Balaban J connectivity index is 2.02. The Hall–Kier alpha value is -2.89. The zero-order chi connectivity index (χ0) is 20.5. The van der Waals surface area contributed by atoms with Gasteiger partial charge in [0.1, 0.15) is 12.7 Å². The van der Waals surface area contributed by atoms with E-state index in [0.29, 0.717) is 17.1 Å². The van der Waals surface area contributed by atoms with E-state index in [4.69, 9.17) is 5.73 Å². The van der Waals surface area contributed by atoms with Gasteiger partial charge in [-0.15, -0.1) is 0 Å². The predicted octanol–water partition coefficient (Wildman–Crippen LogP) is 0.664. The van der Waals surface area contributed by atoms with Crippen molar-refractivity contribution in [2.45, 2.75) is 31.3 Å². The number of nitrogen functional groups attached to an aromatic ring is 1. The third-order valence-electron chi connectivity index (χ3n) is 3.91. The van der Waals surface area contributed by atoms with Crippen LogP contribution in [0.3, 0.4) is 0 Å². The fourth-order valence-corrected chi connectivity index (χ4v) is 3.63. The molecular weight excluding hydrogens is 382 g/mol. The maximum Gasteiger partial charge on any atom is 0.240 e. The maximum absolute atomic E-state index is 12.6. The molecule has 2 aromatic heterocycles. The molecule has 0 atom stereocenters. The van der Waals surface area contributed by atoms with Gasteiger partial charge in [0.2, 0.25) is 10.0 Å². The zero-order valence-corrected chi connectivity index (χ0v) is 16.5. The van der Waals surface area contributed by atoms with Gasteiger partial charge in [-0.25, -0.2) is 28.1 Å². The minimum atomic E-state index is -3.81. The summed E-state index contributed by atoms with van der Waals surface area (Å²) in [5, 5.41) is 13.8. The highest BCUT2D eigenvalue weighted by atomic mass is 32.2. The third kappa shape index (κ3) is 4.32. The van der Waals surface area contributed by atoms with Crippen LogP contribution in [0, 0.1) is 6.92 Å². The molecule has 0 bridgehead atoms. The number of nitrogens with two attached hydrogens (primary N) is 1. The van der Waals surface area contributed by atoms with Crippen molar-refractivity contribution in [2.75, 3.05) is 12.3 Å². The summed E-state index contributed by atoms with van der Waals surface area (Å²) < 4.78 is 28.9. The van der Waals surface area contributed by atoms with Gasteiger partial charge in [0.15, 0.2) is 11.6 Å². The molecule has 0 unspecified atom stereocenters. The number of aromatic nitrogens is 5. The van der Waals surface area contributed by atoms with E-state index in [1.165, 1.54) is 49.5 Å². The number of rotatable bonds is 6. The molecule has 10 nitrogen and oxygen atoms in total. The Morgan fingerprint density at radius 2 is 2.07 bits per heavy atom. The van der Waals surface area contributed by atoms with Gasteiger partial charge in [0.05, 0.1) is 22.4 Å². The number of sulfonamides is 1. The second kappa shape index (κ2) is 7.26. The molecule has 4 N–H and O–H groups in total. The third-order valence-corrected chi connectivity index (χ3v) is 5.31. The molecule has 11 heteroatoms. The van der Waals surface area contributed by atoms with Crippen LogP contribution in [0.2, 0.25) is 0 Å². The standard InChI is InChI=1S/C17H21N7O3S/c1-11-4-5-12(28(26,27)22-8-17(2,3)25)6-13(11)14-7-20-15(18)16(23-14)24-10-19-9-21-24/h4-7,9-10,22,25H,8H2,1-3H3,(H2,18,20). The summed E-state index contributed by atoms with van der Waals surface area (Å²) in [6.07, 6.45) is 4.26. The molecule has 0 saturated heterocycles. The second-order valence-corrected chi connectivity index (χ2v) is 8.68. The van der Waals surface area contributed by atoms with E-state index in [0.717, 1.165) is 5.56 Å². The summed E-state index contributed by atoms with van der Waals surface area (Å²) in [4.78, 5) is 12.5. The van der Waals surface area contributed by atoms with Gasteiger partial charge in [-0.2, -0.15) is 9.78 Å². The highest BCUT2D eigenvalue weighted by Gasteiger charge is 2.21. The van der Waals surface area contributed by atoms with Crippen LogP contribution in [0.1, 0.15) is 19.4 Å². The normalized spacial score (nSPS) is 12.3. The van der Waals surface area contributed by atoms with Crippen LogP contribution < -0.4 is 10.5 Å². The first-order valence-electron chi connectivity index (χ1n) is 8.37. The molecule has 2 heterocycles. The van der Waals surface area contributed by atoms with Gasteiger partial charge < -0.3 is 10.8 Å². The largest absolute Gasteiger partial charge is 0.389 e. The topological polar surface area (TPSA) is 149 Å². The monoisotopic (exact) mass is 403 g/mol. The van der Waals surface area contributed by atoms with Crippen molar-refractivity contribution < 1.29 is 13.5 Å². The van der Waals surface area contributed by atoms with Crippen LogP contribution in [0.15, 0.2) is 41.9 Å². The minimum absolute atomic E-state index is 0.0540. The molecule has 3 aromatic rings. The molecule has 0 aliphatic carbocycles. The number of hydrogen-bond donors (Lipinski definition) is 3. The first kappa shape index (κ1) is 19.9. The van der Waals surface area contributed by atoms with Gasteiger partial charge in [0.25, 0.3) is 0 Å². The lowest BCUT2D eigenvalue weighted by Gasteiger charge is -2.18. The zero-order valence-electron chi connectivity index (χ0n) is 15.7. The summed E-state index contributed by atoms with van der Waals surface area (Å²) >= 11 is 0. The fourth-order valence-electron chi connectivity index (χ4n) is 2.40. The van der Waals surface area contributed by atoms with Crippen LogP contribution in [0.5, 0.6) is 0 Å². The lowest BCUT2D eigenvalue weighted by Crippen LogP contribution is -2.38. The van der Waals surface area contributed by atoms with Crippen molar-refractivity contribution in [3.63, 3.8) is 0 Å². The van der Waals surface area contributed by atoms with E-state index in [2.05, 4.69) is 24.8 Å². The van der Waals surface area contributed by atoms with Crippen molar-refractivity contribution in [3.05, 3.63) is 42.6 Å². The van der Waals surface area contributed by atoms with Crippen LogP contribution >= 0.6 is 0 Å². The number of nitrogens with one attached hydrogen (secondary N) is 1. The van der Waals surface area contributed by atoms with Crippen LogP contribution in [0.4, 0.5) is 5.82 Å². The quantitative estimate of drug-likeness (QED) is 0.543. The molecule has 28 heavy (non-hydrogen) atoms. The molecular formula is C17H21N7O3S. The minimum Gasteiger partial charge on any atom is -0.389 e. The molecule has 0 saturated carbocycles. The van der Waals surface area contributed by atoms with E-state index in [1.54, 1.807) is 6.07 Å². The molecule has 0 aliphatic rings. The van der Waals surface area contributed by atoms with Crippen molar-refractivity contribution in [1.29, 1.82) is 0 Å². The van der Waals surface area contributed by atoms with Crippen molar-refractivity contribution >= 4 is 15.8 Å². The van der Waals surface area contributed by atoms with Crippen LogP contribution in [-0.4, -0.2) is 50.4 Å². The average Bonchev–Trinajstić information content (AvgIpc) is 3.15. The Morgan fingerprint density at radius 3 is 2.71 bits per heavy atom. The maximum atomic E-state index is 12.6. The van der Waals surface area contributed by atoms with Gasteiger partial charge in [-0.05, 0) is 38.5 Å². The number of nitrogens with zero attached hydrogens (tertiary/aromatic N) is 5. The summed E-state index contributed by atoms with van der Waals surface area (Å²) in [7, 11) is -3.81. The van der Waals surface area contributed by atoms with Crippen LogP contribution in [-0.2, 0) is 10.0 Å². The molecule has 0 fully saturated rings. The van der Waals surface area contributed by atoms with Gasteiger partial charge >= 0.3 is 0 Å². The first-order chi connectivity index (χ1) is 13.1. The molecule has 1 aromatic carbocycles. The highest BCUT2D eigenvalue weighted by Crippen LogP contribution is 2.26. The van der Waals surface area contributed by atoms with E-state index in [1.807, 2.05) is 6.92 Å². The fraction of sp³-hybridized carbons (Fsp3) is 0.294. The van der Waals surface area contributed by atoms with Crippen LogP contribution in [0.25, 0.3) is 17.1 Å². The van der Waals surface area contributed by atoms with Gasteiger partial charge in [-0.1, -0.05) is 6.07 Å². The van der Waals surface area contributed by atoms with Crippen molar-refractivity contribution in [1.82, 2.24) is 29.5 Å². The summed E-state index contributed by atoms with van der Waals surface area (Å²) in [6, 6.07) is 4.68. The highest BCUT2D eigenvalue weighted by molar-refractivity contribution is 7.89. The number of aliphatic hydroxyl groups is 1. The summed E-state index contributed by atoms with van der Waals surface area (Å²) in [5.41, 5.74) is 6.55. The molecule has 0 radical (unpaired) electrons. The lowest BCUT2D eigenvalue weighted by atomic mass is 10.1. The smallest absolute Gasteiger partial charge is 0.240 e. The lowest BCUT2D eigenvalue weighted by molar-refractivity contribution is 0.0857. The molecule has 3 rings (SSSR count). The molecule has 0 amide bonds. The van der Waals surface area contributed by atoms with E-state index in [9.17, 15) is 13.5 Å². The first-order valence-corrected chi connectivity index (χ1v) is 9.86. The summed E-state index contributed by atoms with van der Waals surface area (Å²) in [5.74, 6) is 0.463. The Morgan fingerprint density at radius 1 is 1.32 bits per heavy atom. The Labute approximate surface area is 162 Å². The number of hydrogen-bond acceptors (Lipinski definition) is 8. The number of benzene rings is 1. The number of anilines is 1. The van der Waals surface area contributed by atoms with Gasteiger partial charge in [-0.3, -0.25) is 0 Å². The Kier molecular flexibility index (Phi) is 5.15. The van der Waals surface area contributed by atoms with E-state index < -0.39 is 15.6 Å². The molecule has 0 spiro atoms. The summed E-state index contributed by atoms with van der Waals surface area (Å²) in [6.45, 7) is 4.76. The van der Waals surface area contributed by atoms with E-state index in [-0.39, 0.29) is 17.3 Å².